The van der Waals surface area contributed by atoms with Gasteiger partial charge >= 0.3 is 0 Å². The first-order valence-electron chi connectivity index (χ1n) is 10.1. The van der Waals surface area contributed by atoms with Gasteiger partial charge in [0.05, 0.1) is 36.7 Å². The molecule has 0 spiro atoms. The van der Waals surface area contributed by atoms with Gasteiger partial charge in [-0.1, -0.05) is 0 Å². The Labute approximate surface area is 187 Å². The van der Waals surface area contributed by atoms with E-state index in [2.05, 4.69) is 4.98 Å². The van der Waals surface area contributed by atoms with Gasteiger partial charge in [0.2, 0.25) is 0 Å². The average molecular weight is 459 g/mol. The predicted molar refractivity (Wildman–Crippen MR) is 120 cm³/mol. The highest BCUT2D eigenvalue weighted by atomic mass is 32.2. The van der Waals surface area contributed by atoms with E-state index in [1.54, 1.807) is 23.6 Å². The van der Waals surface area contributed by atoms with E-state index in [4.69, 9.17) is 4.74 Å². The van der Waals surface area contributed by atoms with Gasteiger partial charge in [0, 0.05) is 46.8 Å². The predicted octanol–water partition coefficient (Wildman–Crippen LogP) is 2.48. The summed E-state index contributed by atoms with van der Waals surface area (Å²) < 4.78 is 21.0. The van der Waals surface area contributed by atoms with Crippen LogP contribution in [0.4, 0.5) is 4.39 Å². The number of halogens is 1. The molecule has 0 fully saturated rings. The molecule has 1 aliphatic heterocycles. The molecule has 1 aliphatic rings. The number of hydrogen-bond acceptors (Lipinski definition) is 7. The van der Waals surface area contributed by atoms with Crippen LogP contribution in [-0.4, -0.2) is 45.5 Å². The summed E-state index contributed by atoms with van der Waals surface area (Å²) in [6.45, 7) is 1.95. The van der Waals surface area contributed by atoms with Crippen LogP contribution in [0.1, 0.15) is 33.9 Å². The van der Waals surface area contributed by atoms with Gasteiger partial charge in [0.1, 0.15) is 11.9 Å². The number of aliphatic hydroxyl groups excluding tert-OH is 2. The number of hydrogen-bond donors (Lipinski definition) is 2. The van der Waals surface area contributed by atoms with Crippen molar-refractivity contribution in [2.75, 3.05) is 19.5 Å². The number of pyridine rings is 2. The molecule has 7 nitrogen and oxygen atoms in total. The smallest absolute Gasteiger partial charge is 0.257 e. The number of aliphatic hydroxyl groups is 2. The van der Waals surface area contributed by atoms with Crippen LogP contribution in [0.25, 0.3) is 22.3 Å². The summed E-state index contributed by atoms with van der Waals surface area (Å²) in [5.74, 6) is 0.728. The minimum absolute atomic E-state index is 0.0382. The van der Waals surface area contributed by atoms with E-state index in [0.717, 1.165) is 16.5 Å². The van der Waals surface area contributed by atoms with Gasteiger partial charge in [-0.05, 0) is 30.2 Å². The first kappa shape index (κ1) is 22.6. The van der Waals surface area contributed by atoms with Crippen molar-refractivity contribution in [3.63, 3.8) is 0 Å². The van der Waals surface area contributed by atoms with Crippen LogP contribution >= 0.6 is 11.8 Å². The maximum atomic E-state index is 14.3. The van der Waals surface area contributed by atoms with E-state index in [0.29, 0.717) is 40.3 Å². The van der Waals surface area contributed by atoms with Crippen LogP contribution in [0.3, 0.4) is 0 Å². The summed E-state index contributed by atoms with van der Waals surface area (Å²) in [5, 5.41) is 20.2. The zero-order valence-electron chi connectivity index (χ0n) is 17.7. The van der Waals surface area contributed by atoms with Gasteiger partial charge in [-0.2, -0.15) is 11.8 Å². The molecular formula is C23H23FN2O5S. The molecule has 9 heteroatoms. The SMILES string of the molecule is COCc1c(C(O)C=O)cc2n(c1=O)Cc1c-2nc2cc(F)c(C)cc2c1CSCCO. The van der Waals surface area contributed by atoms with Gasteiger partial charge in [-0.15, -0.1) is 0 Å². The highest BCUT2D eigenvalue weighted by Gasteiger charge is 2.29. The molecule has 0 aliphatic carbocycles. The monoisotopic (exact) mass is 458 g/mol. The van der Waals surface area contributed by atoms with E-state index < -0.39 is 6.10 Å². The van der Waals surface area contributed by atoms with Crippen LogP contribution in [0.15, 0.2) is 23.0 Å². The molecule has 4 rings (SSSR count). The highest BCUT2D eigenvalue weighted by molar-refractivity contribution is 7.98. The Bertz CT molecular complexity index is 1270. The Hall–Kier alpha value is -2.59. The van der Waals surface area contributed by atoms with Crippen LogP contribution in [-0.2, 0) is 28.4 Å². The molecule has 0 radical (unpaired) electrons. The minimum Gasteiger partial charge on any atom is -0.396 e. The second-order valence-corrected chi connectivity index (χ2v) is 8.79. The highest BCUT2D eigenvalue weighted by Crippen LogP contribution is 2.38. The standard InChI is InChI=1S/C23H23FN2O5S/c1-12-5-13-17(11-32-4-3-27)15-8-26-20(22(15)25-19(13)7-18(12)24)6-14(21(29)9-28)16(10-31-2)23(26)30/h5-7,9,21,27,29H,3-4,8,10-11H2,1-2H3. The molecule has 168 valence electrons. The molecule has 32 heavy (non-hydrogen) atoms. The third-order valence-corrected chi connectivity index (χ3v) is 6.66. The number of thioether (sulfide) groups is 1. The molecule has 2 N–H and O–H groups in total. The Morgan fingerprint density at radius 1 is 1.34 bits per heavy atom. The molecule has 1 aromatic carbocycles. The van der Waals surface area contributed by atoms with Gasteiger partial charge in [-0.3, -0.25) is 4.79 Å². The fourth-order valence-electron chi connectivity index (χ4n) is 4.13. The Morgan fingerprint density at radius 3 is 2.81 bits per heavy atom. The first-order valence-corrected chi connectivity index (χ1v) is 11.3. The number of aryl methyl sites for hydroxylation is 1. The zero-order valence-corrected chi connectivity index (χ0v) is 18.5. The lowest BCUT2D eigenvalue weighted by molar-refractivity contribution is -0.115. The third kappa shape index (κ3) is 3.75. The Morgan fingerprint density at radius 2 is 2.12 bits per heavy atom. The summed E-state index contributed by atoms with van der Waals surface area (Å²) in [6, 6.07) is 4.73. The van der Waals surface area contributed by atoms with Crippen LogP contribution in [0.2, 0.25) is 0 Å². The molecule has 3 aromatic rings. The minimum atomic E-state index is -1.47. The van der Waals surface area contributed by atoms with Crippen molar-refractivity contribution in [1.29, 1.82) is 0 Å². The van der Waals surface area contributed by atoms with E-state index >= 15 is 0 Å². The number of aldehydes is 1. The van der Waals surface area contributed by atoms with E-state index in [-0.39, 0.29) is 42.3 Å². The van der Waals surface area contributed by atoms with Crippen LogP contribution in [0, 0.1) is 12.7 Å². The lowest BCUT2D eigenvalue weighted by Crippen LogP contribution is -2.26. The topological polar surface area (TPSA) is 102 Å². The molecule has 2 aromatic heterocycles. The normalized spacial score (nSPS) is 13.3. The number of fused-ring (bicyclic) bond motifs is 4. The molecule has 0 saturated heterocycles. The fourth-order valence-corrected chi connectivity index (χ4v) is 4.94. The van der Waals surface area contributed by atoms with Crippen LogP contribution in [0.5, 0.6) is 0 Å². The number of carbonyl (C=O) groups is 1. The summed E-state index contributed by atoms with van der Waals surface area (Å²) in [5.41, 5.74) is 3.76. The maximum Gasteiger partial charge on any atom is 0.257 e. The quantitative estimate of drug-likeness (QED) is 0.309. The van der Waals surface area contributed by atoms with Crippen molar-refractivity contribution in [1.82, 2.24) is 9.55 Å². The molecular weight excluding hydrogens is 435 g/mol. The van der Waals surface area contributed by atoms with E-state index in [1.165, 1.54) is 24.9 Å². The van der Waals surface area contributed by atoms with E-state index in [9.17, 15) is 24.2 Å². The maximum absolute atomic E-state index is 14.3. The summed E-state index contributed by atoms with van der Waals surface area (Å²) in [7, 11) is 1.44. The Kier molecular flexibility index (Phi) is 6.43. The molecule has 0 bridgehead atoms. The second-order valence-electron chi connectivity index (χ2n) is 7.68. The van der Waals surface area contributed by atoms with Gasteiger partial charge < -0.3 is 24.3 Å². The third-order valence-electron chi connectivity index (χ3n) is 5.70. The summed E-state index contributed by atoms with van der Waals surface area (Å²) >= 11 is 1.54. The summed E-state index contributed by atoms with van der Waals surface area (Å²) in [4.78, 5) is 29.2. The van der Waals surface area contributed by atoms with Crippen molar-refractivity contribution < 1.29 is 24.1 Å². The average Bonchev–Trinajstić information content (AvgIpc) is 3.14. The molecule has 0 amide bonds. The second kappa shape index (κ2) is 9.11. The first-order chi connectivity index (χ1) is 15.4. The van der Waals surface area contributed by atoms with Crippen molar-refractivity contribution in [2.45, 2.75) is 31.9 Å². The van der Waals surface area contributed by atoms with Gasteiger partial charge in [0.15, 0.2) is 6.29 Å². The van der Waals surface area contributed by atoms with Crippen molar-refractivity contribution in [3.8, 4) is 11.4 Å². The van der Waals surface area contributed by atoms with Crippen LogP contribution < -0.4 is 5.56 Å². The van der Waals surface area contributed by atoms with Crippen molar-refractivity contribution >= 4 is 29.0 Å². The van der Waals surface area contributed by atoms with Crippen molar-refractivity contribution in [3.05, 3.63) is 62.2 Å². The molecule has 1 unspecified atom stereocenters. The lowest BCUT2D eigenvalue weighted by Gasteiger charge is -2.14. The summed E-state index contributed by atoms with van der Waals surface area (Å²) in [6.07, 6.45) is -1.10. The largest absolute Gasteiger partial charge is 0.396 e. The Balaban J connectivity index is 1.99. The van der Waals surface area contributed by atoms with Crippen molar-refractivity contribution in [2.24, 2.45) is 0 Å². The number of ether oxygens (including phenoxy) is 1. The number of nitrogens with zero attached hydrogens (tertiary/aromatic N) is 2. The number of aromatic nitrogens is 2. The number of methoxy groups -OCH3 is 1. The molecule has 1 atom stereocenters. The number of carbonyl (C=O) groups excluding carboxylic acids is 1. The lowest BCUT2D eigenvalue weighted by atomic mass is 9.99. The van der Waals surface area contributed by atoms with Gasteiger partial charge in [0.25, 0.3) is 5.56 Å². The molecule has 0 saturated carbocycles. The number of benzene rings is 1. The van der Waals surface area contributed by atoms with Gasteiger partial charge in [-0.25, -0.2) is 9.37 Å². The zero-order chi connectivity index (χ0) is 23.0. The fraction of sp³-hybridized carbons (Fsp3) is 0.348. The van der Waals surface area contributed by atoms with E-state index in [1.807, 2.05) is 0 Å². The number of rotatable bonds is 8. The molecule has 3 heterocycles.